The van der Waals surface area contributed by atoms with Gasteiger partial charge in [0.2, 0.25) is 0 Å². The maximum Gasteiger partial charge on any atom is 0.320 e. The van der Waals surface area contributed by atoms with E-state index in [0.717, 1.165) is 16.5 Å². The van der Waals surface area contributed by atoms with Crippen LogP contribution in [0.25, 0.3) is 10.9 Å². The van der Waals surface area contributed by atoms with Crippen LogP contribution in [0.2, 0.25) is 5.02 Å². The van der Waals surface area contributed by atoms with E-state index in [1.165, 1.54) is 0 Å². The van der Waals surface area contributed by atoms with Crippen LogP contribution >= 0.6 is 11.6 Å². The maximum atomic E-state index is 10.7. The Bertz CT molecular complexity index is 733. The molecule has 7 nitrogen and oxygen atoms in total. The average Bonchev–Trinajstić information content (AvgIpc) is 2.69. The van der Waals surface area contributed by atoms with Gasteiger partial charge in [-0.3, -0.25) is 9.35 Å². The molecule has 5 N–H and O–H groups in total. The van der Waals surface area contributed by atoms with Crippen LogP contribution < -0.4 is 5.73 Å². The Kier molecular flexibility index (Phi) is 5.73. The molecule has 0 aliphatic carbocycles. The number of nitrogens with one attached hydrogen (secondary N) is 1. The highest BCUT2D eigenvalue weighted by Gasteiger charge is 2.14. The summed E-state index contributed by atoms with van der Waals surface area (Å²) in [5.74, 6) is -0.997. The highest BCUT2D eigenvalue weighted by Crippen LogP contribution is 2.22. The molecule has 0 radical (unpaired) electrons. The summed E-state index contributed by atoms with van der Waals surface area (Å²) in [6.45, 7) is 0. The number of nitrogens with two attached hydrogens (primary N) is 1. The van der Waals surface area contributed by atoms with Crippen molar-refractivity contribution in [3.8, 4) is 0 Å². The number of aliphatic carboxylic acids is 1. The minimum Gasteiger partial charge on any atom is -0.480 e. The molecule has 0 unspecified atom stereocenters. The number of carboxylic acid groups (broad SMARTS) is 1. The first-order valence-corrected chi connectivity index (χ1v) is 7.97. The number of hydrogen-bond donors (Lipinski definition) is 4. The third-order valence-electron chi connectivity index (χ3n) is 2.49. The van der Waals surface area contributed by atoms with Crippen LogP contribution in [0.1, 0.15) is 5.56 Å². The summed E-state index contributed by atoms with van der Waals surface area (Å²) in [6, 6.07) is 4.55. The van der Waals surface area contributed by atoms with E-state index < -0.39 is 22.1 Å². The lowest BCUT2D eigenvalue weighted by molar-refractivity contribution is -0.138. The topological polar surface area (TPSA) is 133 Å². The van der Waals surface area contributed by atoms with Gasteiger partial charge in [-0.2, -0.15) is 8.42 Å². The summed E-state index contributed by atoms with van der Waals surface area (Å²) < 4.78 is 25.9. The smallest absolute Gasteiger partial charge is 0.320 e. The Balaban J connectivity index is 0.000000383. The minimum atomic E-state index is -3.67. The molecule has 0 fully saturated rings. The van der Waals surface area contributed by atoms with Crippen LogP contribution in [-0.4, -0.2) is 41.3 Å². The van der Waals surface area contributed by atoms with E-state index in [-0.39, 0.29) is 0 Å². The maximum absolute atomic E-state index is 10.7. The molecule has 9 heteroatoms. The number of rotatable bonds is 3. The largest absolute Gasteiger partial charge is 0.480 e. The number of halogens is 1. The quantitative estimate of drug-likeness (QED) is 0.625. The Morgan fingerprint density at radius 2 is 2.05 bits per heavy atom. The van der Waals surface area contributed by atoms with Crippen molar-refractivity contribution >= 4 is 38.6 Å². The van der Waals surface area contributed by atoms with Crippen molar-refractivity contribution in [1.29, 1.82) is 0 Å². The molecule has 1 aromatic heterocycles. The van der Waals surface area contributed by atoms with Crippen LogP contribution in [0.3, 0.4) is 0 Å². The highest BCUT2D eigenvalue weighted by molar-refractivity contribution is 7.85. The second-order valence-corrected chi connectivity index (χ2v) is 6.29. The van der Waals surface area contributed by atoms with Crippen LogP contribution in [0.5, 0.6) is 0 Å². The second kappa shape index (κ2) is 6.90. The van der Waals surface area contributed by atoms with Crippen molar-refractivity contribution in [2.45, 2.75) is 12.5 Å². The van der Waals surface area contributed by atoms with Crippen LogP contribution in [0.15, 0.2) is 24.4 Å². The zero-order valence-electron chi connectivity index (χ0n) is 11.1. The molecule has 2 aromatic rings. The number of aromatic amines is 1. The Morgan fingerprint density at radius 1 is 1.48 bits per heavy atom. The van der Waals surface area contributed by atoms with Crippen LogP contribution in [0.4, 0.5) is 0 Å². The summed E-state index contributed by atoms with van der Waals surface area (Å²) in [5.41, 5.74) is 7.27. The molecule has 0 saturated carbocycles. The van der Waals surface area contributed by atoms with Gasteiger partial charge in [-0.05, 0) is 17.7 Å². The van der Waals surface area contributed by atoms with Gasteiger partial charge in [-0.1, -0.05) is 17.7 Å². The first kappa shape index (κ1) is 17.4. The standard InChI is InChI=1S/C11H11ClN2O2.CH4O3S/c12-7-1-2-8-6(3-9(13)11(15)16)5-14-10(8)4-7;1-5(2,3)4/h1-2,4-5,9,14H,3,13H2,(H,15,16);1H3,(H,2,3,4)/t9-;/m0./s1. The number of benzene rings is 1. The molecular formula is C12H15ClN2O5S. The van der Waals surface area contributed by atoms with Gasteiger partial charge in [0.1, 0.15) is 6.04 Å². The van der Waals surface area contributed by atoms with Gasteiger partial charge in [0.15, 0.2) is 0 Å². The summed E-state index contributed by atoms with van der Waals surface area (Å²) >= 11 is 5.85. The van der Waals surface area contributed by atoms with Crippen molar-refractivity contribution in [3.63, 3.8) is 0 Å². The summed E-state index contributed by atoms with van der Waals surface area (Å²) in [4.78, 5) is 13.7. The first-order valence-electron chi connectivity index (χ1n) is 5.74. The molecule has 0 spiro atoms. The monoisotopic (exact) mass is 334 g/mol. The Labute approximate surface area is 126 Å². The van der Waals surface area contributed by atoms with E-state index in [2.05, 4.69) is 4.98 Å². The third-order valence-corrected chi connectivity index (χ3v) is 2.72. The van der Waals surface area contributed by atoms with Crippen LogP contribution in [0, 0.1) is 0 Å². The zero-order valence-corrected chi connectivity index (χ0v) is 12.6. The molecule has 1 heterocycles. The van der Waals surface area contributed by atoms with E-state index in [1.54, 1.807) is 18.3 Å². The SMILES string of the molecule is CS(=O)(=O)O.N[C@@H](Cc1c[nH]c2cc(Cl)ccc12)C(=O)O. The lowest BCUT2D eigenvalue weighted by atomic mass is 10.1. The molecule has 2 rings (SSSR count). The molecule has 1 aromatic carbocycles. The number of carboxylic acids is 1. The van der Waals surface area contributed by atoms with Crippen molar-refractivity contribution in [2.24, 2.45) is 5.73 Å². The van der Waals surface area contributed by atoms with Gasteiger partial charge in [0.25, 0.3) is 10.1 Å². The fourth-order valence-electron chi connectivity index (χ4n) is 1.65. The van der Waals surface area contributed by atoms with E-state index >= 15 is 0 Å². The molecule has 0 aliphatic rings. The van der Waals surface area contributed by atoms with Crippen molar-refractivity contribution in [2.75, 3.05) is 6.26 Å². The molecule has 0 bridgehead atoms. The highest BCUT2D eigenvalue weighted by atomic mass is 35.5. The van der Waals surface area contributed by atoms with E-state index in [9.17, 15) is 13.2 Å². The number of hydrogen-bond acceptors (Lipinski definition) is 4. The average molecular weight is 335 g/mol. The summed E-state index contributed by atoms with van der Waals surface area (Å²) in [6.07, 6.45) is 2.79. The van der Waals surface area contributed by atoms with Gasteiger partial charge in [-0.15, -0.1) is 0 Å². The molecule has 0 aliphatic heterocycles. The molecule has 0 saturated heterocycles. The second-order valence-electron chi connectivity index (χ2n) is 4.39. The number of aromatic nitrogens is 1. The zero-order chi connectivity index (χ0) is 16.2. The van der Waals surface area contributed by atoms with Gasteiger partial charge < -0.3 is 15.8 Å². The Morgan fingerprint density at radius 3 is 2.57 bits per heavy atom. The Hall–Kier alpha value is -1.61. The summed E-state index contributed by atoms with van der Waals surface area (Å²) in [5, 5.41) is 10.3. The van der Waals surface area contributed by atoms with Gasteiger partial charge in [-0.25, -0.2) is 0 Å². The predicted molar refractivity (Wildman–Crippen MR) is 80.1 cm³/mol. The van der Waals surface area contributed by atoms with E-state index in [1.807, 2.05) is 6.07 Å². The molecular weight excluding hydrogens is 320 g/mol. The van der Waals surface area contributed by atoms with Crippen molar-refractivity contribution < 1.29 is 22.9 Å². The number of carbonyl (C=O) groups is 1. The van der Waals surface area contributed by atoms with Crippen LogP contribution in [-0.2, 0) is 21.3 Å². The molecule has 0 amide bonds. The number of fused-ring (bicyclic) bond motifs is 1. The van der Waals surface area contributed by atoms with Gasteiger partial charge >= 0.3 is 5.97 Å². The minimum absolute atomic E-state index is 0.303. The fourth-order valence-corrected chi connectivity index (χ4v) is 1.82. The molecule has 21 heavy (non-hydrogen) atoms. The molecule has 116 valence electrons. The van der Waals surface area contributed by atoms with Crippen molar-refractivity contribution in [1.82, 2.24) is 4.98 Å². The fraction of sp³-hybridized carbons (Fsp3) is 0.250. The lowest BCUT2D eigenvalue weighted by Crippen LogP contribution is -2.32. The predicted octanol–water partition coefficient (Wildman–Crippen LogP) is 1.28. The lowest BCUT2D eigenvalue weighted by Gasteiger charge is -2.04. The summed E-state index contributed by atoms with van der Waals surface area (Å²) in [7, 11) is -3.67. The van der Waals surface area contributed by atoms with Crippen molar-refractivity contribution in [3.05, 3.63) is 35.0 Å². The first-order chi connectivity index (χ1) is 9.58. The normalized spacial score (nSPS) is 12.6. The van der Waals surface area contributed by atoms with E-state index in [0.29, 0.717) is 17.7 Å². The molecule has 1 atom stereocenters. The number of H-pyrrole nitrogens is 1. The third kappa shape index (κ3) is 6.13. The van der Waals surface area contributed by atoms with Gasteiger partial charge in [0.05, 0.1) is 6.26 Å². The van der Waals surface area contributed by atoms with E-state index in [4.69, 9.17) is 27.0 Å². The van der Waals surface area contributed by atoms with Gasteiger partial charge in [0, 0.05) is 28.5 Å².